The Balaban J connectivity index is 1.88. The van der Waals surface area contributed by atoms with Gasteiger partial charge in [0.1, 0.15) is 0 Å². The molecule has 0 amide bonds. The Morgan fingerprint density at radius 2 is 1.83 bits per heavy atom. The quantitative estimate of drug-likeness (QED) is 0.878. The molecule has 100 valence electrons. The summed E-state index contributed by atoms with van der Waals surface area (Å²) in [6.07, 6.45) is 2.06. The molecule has 2 nitrogen and oxygen atoms in total. The number of nitrogens with one attached hydrogen (secondary N) is 1. The van der Waals surface area contributed by atoms with E-state index in [1.54, 1.807) is 0 Å². The molecular weight excluding hydrogens is 242 g/mol. The summed E-state index contributed by atoms with van der Waals surface area (Å²) in [6, 6.07) is 6.89. The Morgan fingerprint density at radius 1 is 1.22 bits per heavy atom. The summed E-state index contributed by atoms with van der Waals surface area (Å²) >= 11 is 2.03. The van der Waals surface area contributed by atoms with Gasteiger partial charge in [-0.1, -0.05) is 29.3 Å². The van der Waals surface area contributed by atoms with E-state index in [4.69, 9.17) is 0 Å². The van der Waals surface area contributed by atoms with Gasteiger partial charge in [0.05, 0.1) is 6.10 Å². The zero-order valence-corrected chi connectivity index (χ0v) is 12.1. The van der Waals surface area contributed by atoms with Gasteiger partial charge in [0, 0.05) is 12.6 Å². The Bertz CT molecular complexity index is 368. The van der Waals surface area contributed by atoms with Crippen LogP contribution in [0.3, 0.4) is 0 Å². The molecule has 0 aliphatic carbocycles. The highest BCUT2D eigenvalue weighted by Crippen LogP contribution is 2.19. The molecule has 0 unspecified atom stereocenters. The van der Waals surface area contributed by atoms with E-state index in [9.17, 15) is 5.11 Å². The summed E-state index contributed by atoms with van der Waals surface area (Å²) in [4.78, 5) is 0. The van der Waals surface area contributed by atoms with Gasteiger partial charge in [0.25, 0.3) is 0 Å². The number of aryl methyl sites for hydroxylation is 2. The van der Waals surface area contributed by atoms with E-state index in [0.717, 1.165) is 5.56 Å². The monoisotopic (exact) mass is 265 g/mol. The van der Waals surface area contributed by atoms with Crippen LogP contribution in [0.25, 0.3) is 0 Å². The summed E-state index contributed by atoms with van der Waals surface area (Å²) in [5, 5.41) is 13.7. The van der Waals surface area contributed by atoms with Gasteiger partial charge in [0.15, 0.2) is 0 Å². The summed E-state index contributed by atoms with van der Waals surface area (Å²) in [5.41, 5.74) is 3.47. The van der Waals surface area contributed by atoms with E-state index in [2.05, 4.69) is 37.4 Å². The number of aliphatic hydroxyl groups excluding tert-OH is 1. The van der Waals surface area contributed by atoms with Crippen molar-refractivity contribution in [2.24, 2.45) is 0 Å². The first-order valence-corrected chi connectivity index (χ1v) is 7.88. The molecule has 1 aliphatic rings. The lowest BCUT2D eigenvalue weighted by atomic mass is 10.0. The highest BCUT2D eigenvalue weighted by Gasteiger charge is 2.15. The van der Waals surface area contributed by atoms with Gasteiger partial charge in [0.2, 0.25) is 0 Å². The van der Waals surface area contributed by atoms with E-state index in [1.165, 1.54) is 35.5 Å². The van der Waals surface area contributed by atoms with Crippen LogP contribution in [0.15, 0.2) is 18.2 Å². The third-order valence-corrected chi connectivity index (χ3v) is 4.50. The van der Waals surface area contributed by atoms with Gasteiger partial charge in [-0.3, -0.25) is 0 Å². The van der Waals surface area contributed by atoms with E-state index < -0.39 is 6.10 Å². The van der Waals surface area contributed by atoms with E-state index >= 15 is 0 Å². The van der Waals surface area contributed by atoms with Crippen LogP contribution in [0.1, 0.15) is 35.6 Å². The molecule has 1 aromatic carbocycles. The number of benzene rings is 1. The number of rotatable bonds is 4. The topological polar surface area (TPSA) is 32.3 Å². The molecular formula is C15H23NOS. The van der Waals surface area contributed by atoms with Gasteiger partial charge in [-0.2, -0.15) is 11.8 Å². The fourth-order valence-corrected chi connectivity index (χ4v) is 3.61. The van der Waals surface area contributed by atoms with Gasteiger partial charge in [-0.25, -0.2) is 0 Å². The SMILES string of the molecule is Cc1cc(C)cc([C@@H](O)CNC2CCSCC2)c1. The van der Waals surface area contributed by atoms with Crippen molar-refractivity contribution in [1.82, 2.24) is 5.32 Å². The van der Waals surface area contributed by atoms with Crippen molar-refractivity contribution in [3.05, 3.63) is 34.9 Å². The second-order valence-corrected chi connectivity index (χ2v) is 6.46. The fourth-order valence-electron chi connectivity index (χ4n) is 2.50. The second kappa shape index (κ2) is 6.60. The number of hydrogen-bond acceptors (Lipinski definition) is 3. The second-order valence-electron chi connectivity index (χ2n) is 5.23. The summed E-state index contributed by atoms with van der Waals surface area (Å²) in [7, 11) is 0. The lowest BCUT2D eigenvalue weighted by Gasteiger charge is -2.24. The molecule has 1 aromatic rings. The Labute approximate surface area is 114 Å². The molecule has 18 heavy (non-hydrogen) atoms. The molecule has 1 aliphatic heterocycles. The van der Waals surface area contributed by atoms with Gasteiger partial charge >= 0.3 is 0 Å². The zero-order valence-electron chi connectivity index (χ0n) is 11.3. The summed E-state index contributed by atoms with van der Waals surface area (Å²) in [6.45, 7) is 4.82. The molecule has 3 heteroatoms. The molecule has 0 saturated carbocycles. The molecule has 1 fully saturated rings. The van der Waals surface area contributed by atoms with Crippen molar-refractivity contribution in [3.8, 4) is 0 Å². The minimum absolute atomic E-state index is 0.391. The van der Waals surface area contributed by atoms with Crippen molar-refractivity contribution in [1.29, 1.82) is 0 Å². The van der Waals surface area contributed by atoms with Crippen molar-refractivity contribution in [2.75, 3.05) is 18.1 Å². The van der Waals surface area contributed by atoms with E-state index in [0.29, 0.717) is 12.6 Å². The van der Waals surface area contributed by atoms with Crippen LogP contribution in [-0.4, -0.2) is 29.2 Å². The molecule has 0 spiro atoms. The molecule has 1 atom stereocenters. The average Bonchev–Trinajstić information content (AvgIpc) is 2.36. The normalized spacial score (nSPS) is 18.8. The largest absolute Gasteiger partial charge is 0.387 e. The minimum atomic E-state index is -0.391. The standard InChI is InChI=1S/C15H23NOS/c1-11-7-12(2)9-13(8-11)15(17)10-16-14-3-5-18-6-4-14/h7-9,14-17H,3-6,10H2,1-2H3/t15-/m0/s1. The first kappa shape index (κ1) is 13.9. The van der Waals surface area contributed by atoms with Crippen LogP contribution in [0.2, 0.25) is 0 Å². The van der Waals surface area contributed by atoms with E-state index in [-0.39, 0.29) is 0 Å². The van der Waals surface area contributed by atoms with E-state index in [1.807, 2.05) is 11.8 Å². The lowest BCUT2D eigenvalue weighted by Crippen LogP contribution is -2.35. The third-order valence-electron chi connectivity index (χ3n) is 3.45. The Kier molecular flexibility index (Phi) is 5.10. The first-order chi connectivity index (χ1) is 8.65. The molecule has 1 heterocycles. The lowest BCUT2D eigenvalue weighted by molar-refractivity contribution is 0.168. The van der Waals surface area contributed by atoms with Crippen LogP contribution >= 0.6 is 11.8 Å². The minimum Gasteiger partial charge on any atom is -0.387 e. The first-order valence-electron chi connectivity index (χ1n) is 6.72. The van der Waals surface area contributed by atoms with Crippen molar-refractivity contribution in [2.45, 2.75) is 38.8 Å². The molecule has 1 saturated heterocycles. The smallest absolute Gasteiger partial charge is 0.0914 e. The molecule has 0 aromatic heterocycles. The molecule has 2 N–H and O–H groups in total. The maximum atomic E-state index is 10.2. The van der Waals surface area contributed by atoms with Gasteiger partial charge in [-0.15, -0.1) is 0 Å². The Morgan fingerprint density at radius 3 is 2.44 bits per heavy atom. The molecule has 0 bridgehead atoms. The van der Waals surface area contributed by atoms with Crippen molar-refractivity contribution >= 4 is 11.8 Å². The van der Waals surface area contributed by atoms with Gasteiger partial charge in [-0.05, 0) is 43.8 Å². The maximum Gasteiger partial charge on any atom is 0.0914 e. The van der Waals surface area contributed by atoms with Crippen molar-refractivity contribution < 1.29 is 5.11 Å². The fraction of sp³-hybridized carbons (Fsp3) is 0.600. The Hall–Kier alpha value is -0.510. The third kappa shape index (κ3) is 4.01. The highest BCUT2D eigenvalue weighted by molar-refractivity contribution is 7.99. The summed E-state index contributed by atoms with van der Waals surface area (Å²) < 4.78 is 0. The number of aliphatic hydroxyl groups is 1. The van der Waals surface area contributed by atoms with Crippen LogP contribution in [-0.2, 0) is 0 Å². The maximum absolute atomic E-state index is 10.2. The molecule has 2 rings (SSSR count). The van der Waals surface area contributed by atoms with Crippen LogP contribution in [0.4, 0.5) is 0 Å². The van der Waals surface area contributed by atoms with Crippen LogP contribution < -0.4 is 5.32 Å². The molecule has 0 radical (unpaired) electrons. The average molecular weight is 265 g/mol. The van der Waals surface area contributed by atoms with Crippen LogP contribution in [0, 0.1) is 13.8 Å². The highest BCUT2D eigenvalue weighted by atomic mass is 32.2. The van der Waals surface area contributed by atoms with Gasteiger partial charge < -0.3 is 10.4 Å². The number of hydrogen-bond donors (Lipinski definition) is 2. The van der Waals surface area contributed by atoms with Crippen molar-refractivity contribution in [3.63, 3.8) is 0 Å². The zero-order chi connectivity index (χ0) is 13.0. The predicted octanol–water partition coefficient (Wildman–Crippen LogP) is 2.82. The summed E-state index contributed by atoms with van der Waals surface area (Å²) in [5.74, 6) is 2.49. The number of thioether (sulfide) groups is 1. The predicted molar refractivity (Wildman–Crippen MR) is 79.2 cm³/mol. The van der Waals surface area contributed by atoms with Crippen LogP contribution in [0.5, 0.6) is 0 Å².